The van der Waals surface area contributed by atoms with Crippen molar-refractivity contribution < 1.29 is 4.74 Å². The normalized spacial score (nSPS) is 12.4. The van der Waals surface area contributed by atoms with E-state index >= 15 is 0 Å². The maximum atomic E-state index is 5.65. The molecule has 0 unspecified atom stereocenters. The number of rotatable bonds is 4. The van der Waals surface area contributed by atoms with Gasteiger partial charge in [0.2, 0.25) is 0 Å². The molecule has 84 valence electrons. The van der Waals surface area contributed by atoms with E-state index in [1.165, 1.54) is 0 Å². The van der Waals surface area contributed by atoms with Crippen LogP contribution in [0.15, 0.2) is 30.3 Å². The zero-order valence-corrected chi connectivity index (χ0v) is 9.05. The molecule has 0 amide bonds. The summed E-state index contributed by atoms with van der Waals surface area (Å²) in [5.41, 5.74) is 5.65. The number of para-hydroxylation sites is 1. The van der Waals surface area contributed by atoms with E-state index in [-0.39, 0.29) is 6.04 Å². The van der Waals surface area contributed by atoms with Crippen molar-refractivity contribution in [1.29, 1.82) is 0 Å². The number of nitrogens with zero attached hydrogens (tertiary/aromatic N) is 2. The number of hydrogen-bond acceptors (Lipinski definition) is 4. The zero-order chi connectivity index (χ0) is 11.4. The third-order valence-electron chi connectivity index (χ3n) is 2.08. The van der Waals surface area contributed by atoms with Crippen LogP contribution in [-0.4, -0.2) is 15.2 Å². The topological polar surface area (TPSA) is 76.8 Å². The van der Waals surface area contributed by atoms with Crippen LogP contribution in [0.3, 0.4) is 0 Å². The van der Waals surface area contributed by atoms with Gasteiger partial charge in [-0.3, -0.25) is 5.10 Å². The van der Waals surface area contributed by atoms with E-state index < -0.39 is 0 Å². The van der Waals surface area contributed by atoms with Gasteiger partial charge in [-0.15, -0.1) is 0 Å². The molecule has 1 aromatic heterocycles. The van der Waals surface area contributed by atoms with Crippen LogP contribution in [0.5, 0.6) is 5.75 Å². The standard InChI is InChI=1S/C11H14N4O/c1-8(12)11-13-10(14-15-11)7-16-9-5-3-2-4-6-9/h2-6,8H,7,12H2,1H3,(H,13,14,15)/t8-/m0/s1. The largest absolute Gasteiger partial charge is 0.486 e. The van der Waals surface area contributed by atoms with Crippen LogP contribution in [0.2, 0.25) is 0 Å². The van der Waals surface area contributed by atoms with Crippen molar-refractivity contribution in [2.24, 2.45) is 5.73 Å². The summed E-state index contributed by atoms with van der Waals surface area (Å²) in [4.78, 5) is 4.21. The summed E-state index contributed by atoms with van der Waals surface area (Å²) in [6, 6.07) is 9.40. The van der Waals surface area contributed by atoms with Crippen molar-refractivity contribution in [2.45, 2.75) is 19.6 Å². The Morgan fingerprint density at radius 2 is 2.12 bits per heavy atom. The van der Waals surface area contributed by atoms with Crippen molar-refractivity contribution in [3.8, 4) is 5.75 Å². The quantitative estimate of drug-likeness (QED) is 0.813. The third kappa shape index (κ3) is 2.58. The van der Waals surface area contributed by atoms with Gasteiger partial charge >= 0.3 is 0 Å². The fraction of sp³-hybridized carbons (Fsp3) is 0.273. The Morgan fingerprint density at radius 1 is 1.38 bits per heavy atom. The zero-order valence-electron chi connectivity index (χ0n) is 9.05. The highest BCUT2D eigenvalue weighted by Crippen LogP contribution is 2.10. The molecule has 5 nitrogen and oxygen atoms in total. The summed E-state index contributed by atoms with van der Waals surface area (Å²) in [5, 5.41) is 6.78. The maximum absolute atomic E-state index is 5.65. The Morgan fingerprint density at radius 3 is 2.75 bits per heavy atom. The number of nitrogens with two attached hydrogens (primary N) is 1. The molecule has 16 heavy (non-hydrogen) atoms. The predicted octanol–water partition coefficient (Wildman–Crippen LogP) is 1.40. The second-order valence-electron chi connectivity index (χ2n) is 3.53. The summed E-state index contributed by atoms with van der Waals surface area (Å²) in [7, 11) is 0. The first-order chi connectivity index (χ1) is 7.75. The van der Waals surface area contributed by atoms with Crippen molar-refractivity contribution in [2.75, 3.05) is 0 Å². The van der Waals surface area contributed by atoms with Crippen molar-refractivity contribution in [3.05, 3.63) is 42.0 Å². The smallest absolute Gasteiger partial charge is 0.167 e. The molecule has 1 heterocycles. The van der Waals surface area contributed by atoms with E-state index in [2.05, 4.69) is 15.2 Å². The minimum Gasteiger partial charge on any atom is -0.486 e. The molecule has 0 fully saturated rings. The van der Waals surface area contributed by atoms with E-state index in [1.807, 2.05) is 37.3 Å². The lowest BCUT2D eigenvalue weighted by Crippen LogP contribution is -2.07. The lowest BCUT2D eigenvalue weighted by atomic mass is 10.3. The molecule has 0 aliphatic carbocycles. The summed E-state index contributed by atoms with van der Waals surface area (Å²) in [6.07, 6.45) is 0. The highest BCUT2D eigenvalue weighted by Gasteiger charge is 2.07. The first-order valence-electron chi connectivity index (χ1n) is 5.10. The third-order valence-corrected chi connectivity index (χ3v) is 2.08. The fourth-order valence-electron chi connectivity index (χ4n) is 1.25. The SMILES string of the molecule is C[C@H](N)c1n[nH]c(COc2ccccc2)n1. The average molecular weight is 218 g/mol. The number of aromatic amines is 1. The van der Waals surface area contributed by atoms with Crippen LogP contribution in [0.1, 0.15) is 24.6 Å². The van der Waals surface area contributed by atoms with E-state index in [9.17, 15) is 0 Å². The Labute approximate surface area is 93.7 Å². The monoisotopic (exact) mass is 218 g/mol. The highest BCUT2D eigenvalue weighted by molar-refractivity contribution is 5.20. The van der Waals surface area contributed by atoms with Crippen molar-refractivity contribution >= 4 is 0 Å². The van der Waals surface area contributed by atoms with Gasteiger partial charge < -0.3 is 10.5 Å². The van der Waals surface area contributed by atoms with Crippen LogP contribution in [-0.2, 0) is 6.61 Å². The van der Waals surface area contributed by atoms with E-state index in [4.69, 9.17) is 10.5 Å². The second kappa shape index (κ2) is 4.76. The molecular weight excluding hydrogens is 204 g/mol. The molecule has 5 heteroatoms. The minimum atomic E-state index is -0.165. The molecule has 1 atom stereocenters. The molecular formula is C11H14N4O. The molecule has 1 aromatic carbocycles. The number of H-pyrrole nitrogens is 1. The van der Waals surface area contributed by atoms with Gasteiger partial charge in [0.25, 0.3) is 0 Å². The highest BCUT2D eigenvalue weighted by atomic mass is 16.5. The van der Waals surface area contributed by atoms with E-state index in [0.717, 1.165) is 5.75 Å². The fourth-order valence-corrected chi connectivity index (χ4v) is 1.25. The lowest BCUT2D eigenvalue weighted by Gasteiger charge is -2.02. The van der Waals surface area contributed by atoms with Gasteiger partial charge in [-0.2, -0.15) is 5.10 Å². The van der Waals surface area contributed by atoms with Gasteiger partial charge in [0.05, 0.1) is 6.04 Å². The van der Waals surface area contributed by atoms with Crippen molar-refractivity contribution in [3.63, 3.8) is 0 Å². The second-order valence-corrected chi connectivity index (χ2v) is 3.53. The average Bonchev–Trinajstić information content (AvgIpc) is 2.76. The summed E-state index contributed by atoms with van der Waals surface area (Å²) in [6.45, 7) is 2.20. The molecule has 0 saturated carbocycles. The first-order valence-corrected chi connectivity index (χ1v) is 5.10. The van der Waals surface area contributed by atoms with Crippen LogP contribution in [0.25, 0.3) is 0 Å². The molecule has 0 bridgehead atoms. The molecule has 0 aliphatic heterocycles. The number of hydrogen-bond donors (Lipinski definition) is 2. The van der Waals surface area contributed by atoms with Crippen molar-refractivity contribution in [1.82, 2.24) is 15.2 Å². The van der Waals surface area contributed by atoms with Crippen LogP contribution in [0.4, 0.5) is 0 Å². The Balaban J connectivity index is 1.95. The number of aromatic nitrogens is 3. The van der Waals surface area contributed by atoms with Gasteiger partial charge in [-0.05, 0) is 19.1 Å². The minimum absolute atomic E-state index is 0.165. The summed E-state index contributed by atoms with van der Waals surface area (Å²) in [5.74, 6) is 2.09. The van der Waals surface area contributed by atoms with Gasteiger partial charge in [-0.1, -0.05) is 18.2 Å². The Hall–Kier alpha value is -1.88. The van der Waals surface area contributed by atoms with Crippen LogP contribution < -0.4 is 10.5 Å². The van der Waals surface area contributed by atoms with Gasteiger partial charge in [0.1, 0.15) is 12.4 Å². The summed E-state index contributed by atoms with van der Waals surface area (Å²) < 4.78 is 5.51. The van der Waals surface area contributed by atoms with E-state index in [0.29, 0.717) is 18.3 Å². The molecule has 0 radical (unpaired) electrons. The molecule has 0 saturated heterocycles. The Bertz CT molecular complexity index is 438. The van der Waals surface area contributed by atoms with Gasteiger partial charge in [0.15, 0.2) is 11.6 Å². The molecule has 0 spiro atoms. The number of benzene rings is 1. The van der Waals surface area contributed by atoms with Crippen LogP contribution in [0, 0.1) is 0 Å². The van der Waals surface area contributed by atoms with E-state index in [1.54, 1.807) is 0 Å². The first kappa shape index (κ1) is 10.6. The molecule has 0 aliphatic rings. The summed E-state index contributed by atoms with van der Waals surface area (Å²) >= 11 is 0. The molecule has 3 N–H and O–H groups in total. The predicted molar refractivity (Wildman–Crippen MR) is 59.8 cm³/mol. The van der Waals surface area contributed by atoms with Gasteiger partial charge in [0, 0.05) is 0 Å². The van der Waals surface area contributed by atoms with Gasteiger partial charge in [-0.25, -0.2) is 4.98 Å². The van der Waals surface area contributed by atoms with Crippen LogP contribution >= 0.6 is 0 Å². The molecule has 2 rings (SSSR count). The number of ether oxygens (including phenoxy) is 1. The maximum Gasteiger partial charge on any atom is 0.167 e. The lowest BCUT2D eigenvalue weighted by molar-refractivity contribution is 0.296. The number of nitrogens with one attached hydrogen (secondary N) is 1. The molecule has 2 aromatic rings. The Kier molecular flexibility index (Phi) is 3.16.